The lowest BCUT2D eigenvalue weighted by atomic mass is 10.2. The molecule has 0 aromatic carbocycles. The van der Waals surface area contributed by atoms with Gasteiger partial charge in [-0.2, -0.15) is 0 Å². The Morgan fingerprint density at radius 3 is 2.63 bits per heavy atom. The van der Waals surface area contributed by atoms with Crippen molar-refractivity contribution in [2.24, 2.45) is 0 Å². The predicted molar refractivity (Wildman–Crippen MR) is 69.2 cm³/mol. The first-order valence-corrected chi connectivity index (χ1v) is 6.27. The van der Waals surface area contributed by atoms with Gasteiger partial charge in [-0.15, -0.1) is 11.3 Å². The van der Waals surface area contributed by atoms with E-state index in [1.165, 1.54) is 29.7 Å². The lowest BCUT2D eigenvalue weighted by Crippen LogP contribution is -2.23. The number of aromatic nitrogens is 2. The van der Waals surface area contributed by atoms with Gasteiger partial charge in [0, 0.05) is 17.3 Å². The highest BCUT2D eigenvalue weighted by molar-refractivity contribution is 7.11. The maximum atomic E-state index is 11.8. The Bertz CT molecular complexity index is 607. The number of nitrogens with zero attached hydrogens (tertiary/aromatic N) is 2. The Labute approximate surface area is 113 Å². The molecule has 2 heterocycles. The van der Waals surface area contributed by atoms with Crippen LogP contribution in [0.5, 0.6) is 0 Å². The molecule has 0 aliphatic rings. The van der Waals surface area contributed by atoms with Crippen molar-refractivity contribution in [3.63, 3.8) is 0 Å². The van der Waals surface area contributed by atoms with Crippen molar-refractivity contribution in [1.29, 1.82) is 0 Å². The molecule has 0 saturated carbocycles. The van der Waals surface area contributed by atoms with E-state index in [0.717, 1.165) is 9.88 Å². The van der Waals surface area contributed by atoms with Crippen LogP contribution in [0.15, 0.2) is 24.5 Å². The summed E-state index contributed by atoms with van der Waals surface area (Å²) >= 11 is 1.51. The summed E-state index contributed by atoms with van der Waals surface area (Å²) in [5.41, 5.74) is 0.227. The van der Waals surface area contributed by atoms with Gasteiger partial charge in [0.2, 0.25) is 0 Å². The Hall–Kier alpha value is -2.28. The fourth-order valence-electron chi connectivity index (χ4n) is 1.40. The van der Waals surface area contributed by atoms with Crippen molar-refractivity contribution in [3.8, 4) is 0 Å². The number of rotatable bonds is 4. The number of carboxylic acid groups (broad SMARTS) is 1. The van der Waals surface area contributed by atoms with Crippen LogP contribution in [0.2, 0.25) is 0 Å². The quantitative estimate of drug-likeness (QED) is 0.883. The smallest absolute Gasteiger partial charge is 0.354 e. The fraction of sp³-hybridized carbons (Fsp3) is 0.167. The van der Waals surface area contributed by atoms with Crippen molar-refractivity contribution in [2.45, 2.75) is 13.5 Å². The topological polar surface area (TPSA) is 92.2 Å². The van der Waals surface area contributed by atoms with Crippen LogP contribution in [0.25, 0.3) is 0 Å². The van der Waals surface area contributed by atoms with Gasteiger partial charge in [0.1, 0.15) is 10.7 Å². The van der Waals surface area contributed by atoms with Gasteiger partial charge in [-0.1, -0.05) is 0 Å². The Balaban J connectivity index is 1.98. The van der Waals surface area contributed by atoms with E-state index >= 15 is 0 Å². The monoisotopic (exact) mass is 277 g/mol. The van der Waals surface area contributed by atoms with Crippen molar-refractivity contribution in [3.05, 3.63) is 45.7 Å². The summed E-state index contributed by atoms with van der Waals surface area (Å²) in [5, 5.41) is 12.2. The third kappa shape index (κ3) is 3.35. The number of aromatic carboxylic acids is 1. The molecular formula is C12H11N3O3S. The van der Waals surface area contributed by atoms with E-state index < -0.39 is 5.97 Å². The average molecular weight is 277 g/mol. The van der Waals surface area contributed by atoms with Crippen LogP contribution in [0.3, 0.4) is 0 Å². The number of hydrogen-bond acceptors (Lipinski definition) is 5. The summed E-state index contributed by atoms with van der Waals surface area (Å²) in [7, 11) is 0. The van der Waals surface area contributed by atoms with Gasteiger partial charge in [-0.25, -0.2) is 14.8 Å². The van der Waals surface area contributed by atoms with E-state index in [0.29, 0.717) is 12.1 Å². The van der Waals surface area contributed by atoms with E-state index in [-0.39, 0.29) is 11.6 Å². The molecular weight excluding hydrogens is 266 g/mol. The Kier molecular flexibility index (Phi) is 3.86. The van der Waals surface area contributed by atoms with Crippen LogP contribution in [0, 0.1) is 6.92 Å². The number of carboxylic acids is 1. The van der Waals surface area contributed by atoms with Gasteiger partial charge in [0.15, 0.2) is 0 Å². The standard InChI is InChI=1S/C12H11N3O3S/c1-7-4-14-10(19-7)6-15-11(16)8-2-3-9(12(17)18)13-5-8/h2-5H,6H2,1H3,(H,15,16)(H,17,18). The molecule has 0 saturated heterocycles. The predicted octanol–water partition coefficient (Wildman–Crippen LogP) is 1.47. The molecule has 2 aromatic heterocycles. The van der Waals surface area contributed by atoms with Crippen LogP contribution < -0.4 is 5.32 Å². The average Bonchev–Trinajstić information content (AvgIpc) is 2.82. The Morgan fingerprint density at radius 2 is 2.11 bits per heavy atom. The zero-order valence-corrected chi connectivity index (χ0v) is 10.9. The third-order valence-corrected chi connectivity index (χ3v) is 3.23. The second-order valence-electron chi connectivity index (χ2n) is 3.78. The van der Waals surface area contributed by atoms with E-state index in [1.807, 2.05) is 6.92 Å². The molecule has 2 aromatic rings. The SMILES string of the molecule is Cc1cnc(CNC(=O)c2ccc(C(=O)O)nc2)s1. The van der Waals surface area contributed by atoms with Gasteiger partial charge in [-0.3, -0.25) is 4.79 Å². The lowest BCUT2D eigenvalue weighted by Gasteiger charge is -2.03. The molecule has 98 valence electrons. The minimum Gasteiger partial charge on any atom is -0.477 e. The zero-order chi connectivity index (χ0) is 13.8. The normalized spacial score (nSPS) is 10.2. The molecule has 0 unspecified atom stereocenters. The molecule has 0 atom stereocenters. The molecule has 19 heavy (non-hydrogen) atoms. The number of carbonyl (C=O) groups is 2. The number of thiazole rings is 1. The second-order valence-corrected chi connectivity index (χ2v) is 5.10. The molecule has 0 spiro atoms. The number of hydrogen-bond donors (Lipinski definition) is 2. The maximum absolute atomic E-state index is 11.8. The lowest BCUT2D eigenvalue weighted by molar-refractivity contribution is 0.0689. The van der Waals surface area contributed by atoms with E-state index in [9.17, 15) is 9.59 Å². The number of carbonyl (C=O) groups excluding carboxylic acids is 1. The summed E-state index contributed by atoms with van der Waals surface area (Å²) in [6.07, 6.45) is 2.99. The highest BCUT2D eigenvalue weighted by atomic mass is 32.1. The molecule has 0 bridgehead atoms. The number of amides is 1. The number of nitrogens with one attached hydrogen (secondary N) is 1. The molecule has 1 amide bonds. The highest BCUT2D eigenvalue weighted by Gasteiger charge is 2.09. The summed E-state index contributed by atoms with van der Waals surface area (Å²) in [4.78, 5) is 31.3. The number of pyridine rings is 1. The first-order valence-electron chi connectivity index (χ1n) is 5.45. The molecule has 0 radical (unpaired) electrons. The van der Waals surface area contributed by atoms with Crippen LogP contribution in [0.1, 0.15) is 30.7 Å². The molecule has 6 nitrogen and oxygen atoms in total. The van der Waals surface area contributed by atoms with Crippen molar-refractivity contribution < 1.29 is 14.7 Å². The largest absolute Gasteiger partial charge is 0.477 e. The van der Waals surface area contributed by atoms with Crippen molar-refractivity contribution in [1.82, 2.24) is 15.3 Å². The van der Waals surface area contributed by atoms with E-state index in [1.54, 1.807) is 6.20 Å². The van der Waals surface area contributed by atoms with Crippen molar-refractivity contribution in [2.75, 3.05) is 0 Å². The summed E-state index contributed by atoms with van der Waals surface area (Å²) < 4.78 is 0. The summed E-state index contributed by atoms with van der Waals surface area (Å²) in [6.45, 7) is 2.29. The molecule has 2 N–H and O–H groups in total. The van der Waals surface area contributed by atoms with Crippen LogP contribution >= 0.6 is 11.3 Å². The molecule has 0 aliphatic carbocycles. The summed E-state index contributed by atoms with van der Waals surface area (Å²) in [5.74, 6) is -1.43. The first-order chi connectivity index (χ1) is 9.06. The van der Waals surface area contributed by atoms with E-state index in [4.69, 9.17) is 5.11 Å². The van der Waals surface area contributed by atoms with Gasteiger partial charge in [0.25, 0.3) is 5.91 Å². The van der Waals surface area contributed by atoms with Gasteiger partial charge in [-0.05, 0) is 19.1 Å². The van der Waals surface area contributed by atoms with E-state index in [2.05, 4.69) is 15.3 Å². The fourth-order valence-corrected chi connectivity index (χ4v) is 2.12. The second kappa shape index (κ2) is 5.57. The van der Waals surface area contributed by atoms with Crippen LogP contribution in [0.4, 0.5) is 0 Å². The zero-order valence-electron chi connectivity index (χ0n) is 10.1. The van der Waals surface area contributed by atoms with Gasteiger partial charge >= 0.3 is 5.97 Å². The third-order valence-electron chi connectivity index (χ3n) is 2.31. The van der Waals surface area contributed by atoms with Crippen LogP contribution in [-0.4, -0.2) is 27.0 Å². The molecule has 7 heteroatoms. The van der Waals surface area contributed by atoms with Gasteiger partial charge in [0.05, 0.1) is 12.1 Å². The van der Waals surface area contributed by atoms with Crippen molar-refractivity contribution >= 4 is 23.2 Å². The molecule has 0 aliphatic heterocycles. The first kappa shape index (κ1) is 13.2. The number of aryl methyl sites for hydroxylation is 1. The summed E-state index contributed by atoms with van der Waals surface area (Å²) in [6, 6.07) is 2.73. The maximum Gasteiger partial charge on any atom is 0.354 e. The Morgan fingerprint density at radius 1 is 1.32 bits per heavy atom. The molecule has 2 rings (SSSR count). The highest BCUT2D eigenvalue weighted by Crippen LogP contribution is 2.10. The minimum absolute atomic E-state index is 0.0906. The van der Waals surface area contributed by atoms with Gasteiger partial charge < -0.3 is 10.4 Å². The van der Waals surface area contributed by atoms with Crippen LogP contribution in [-0.2, 0) is 6.54 Å². The molecule has 0 fully saturated rings. The minimum atomic E-state index is -1.12.